The molecule has 116 valence electrons. The molecule has 0 aromatic heterocycles. The van der Waals surface area contributed by atoms with Crippen molar-refractivity contribution >= 4 is 0 Å². The number of rotatable bonds is 0. The summed E-state index contributed by atoms with van der Waals surface area (Å²) in [6.07, 6.45) is 5.53. The van der Waals surface area contributed by atoms with E-state index in [1.54, 1.807) is 6.07 Å². The first-order valence-electron chi connectivity index (χ1n) is 8.05. The molecule has 2 aliphatic heterocycles. The molecular formula is C19H23NO2. The van der Waals surface area contributed by atoms with Crippen LogP contribution in [0.1, 0.15) is 31.4 Å². The second-order valence-corrected chi connectivity index (χ2v) is 7.01. The van der Waals surface area contributed by atoms with Crippen molar-refractivity contribution in [3.8, 4) is 11.5 Å². The van der Waals surface area contributed by atoms with Crippen LogP contribution >= 0.6 is 0 Å². The third-order valence-electron chi connectivity index (χ3n) is 5.90. The molecule has 1 spiro atoms. The number of hydrogen-bond donors (Lipinski definition) is 1. The van der Waals surface area contributed by atoms with Crippen LogP contribution in [0.15, 0.2) is 35.4 Å². The molecule has 1 saturated heterocycles. The van der Waals surface area contributed by atoms with Gasteiger partial charge in [0.2, 0.25) is 0 Å². The van der Waals surface area contributed by atoms with Gasteiger partial charge in [0, 0.05) is 11.6 Å². The van der Waals surface area contributed by atoms with Gasteiger partial charge >= 0.3 is 0 Å². The Morgan fingerprint density at radius 3 is 2.82 bits per heavy atom. The molecule has 2 heterocycles. The molecule has 22 heavy (non-hydrogen) atoms. The lowest BCUT2D eigenvalue weighted by atomic mass is 9.60. The first-order chi connectivity index (χ1) is 10.5. The van der Waals surface area contributed by atoms with Gasteiger partial charge in [0.05, 0.1) is 5.41 Å². The van der Waals surface area contributed by atoms with E-state index >= 15 is 0 Å². The SMILES string of the molecule is CC1=CC=C2C(C)N(C)CC[C@@]23c2c(C)ccc(O)c2O[C@@H]13. The predicted octanol–water partition coefficient (Wildman–Crippen LogP) is 3.31. The average molecular weight is 297 g/mol. The summed E-state index contributed by atoms with van der Waals surface area (Å²) in [5, 5.41) is 10.3. The Kier molecular flexibility index (Phi) is 2.77. The maximum atomic E-state index is 10.3. The lowest BCUT2D eigenvalue weighted by molar-refractivity contribution is 0.124. The number of aryl methyl sites for hydroxylation is 1. The number of likely N-dealkylation sites (N-methyl/N-ethyl adjacent to an activating group) is 1. The molecule has 4 rings (SSSR count). The Morgan fingerprint density at radius 1 is 1.27 bits per heavy atom. The van der Waals surface area contributed by atoms with E-state index in [0.29, 0.717) is 11.8 Å². The predicted molar refractivity (Wildman–Crippen MR) is 87.5 cm³/mol. The molecule has 3 heteroatoms. The molecule has 0 amide bonds. The number of allylic oxidation sites excluding steroid dienone is 2. The summed E-state index contributed by atoms with van der Waals surface area (Å²) in [7, 11) is 2.19. The van der Waals surface area contributed by atoms with Gasteiger partial charge < -0.3 is 9.84 Å². The Hall–Kier alpha value is -1.74. The molecule has 1 fully saturated rings. The lowest BCUT2D eigenvalue weighted by Crippen LogP contribution is -2.54. The number of phenolic OH excluding ortho intramolecular Hbond substituents is 1. The number of phenols is 1. The Labute approximate surface area is 131 Å². The first-order valence-corrected chi connectivity index (χ1v) is 8.05. The maximum absolute atomic E-state index is 10.3. The maximum Gasteiger partial charge on any atom is 0.166 e. The second-order valence-electron chi connectivity index (χ2n) is 7.01. The molecule has 1 aromatic rings. The highest BCUT2D eigenvalue weighted by molar-refractivity contribution is 5.64. The highest BCUT2D eigenvalue weighted by Gasteiger charge is 2.57. The van der Waals surface area contributed by atoms with Crippen molar-refractivity contribution in [2.75, 3.05) is 13.6 Å². The molecule has 1 aromatic carbocycles. The van der Waals surface area contributed by atoms with Gasteiger partial charge in [-0.2, -0.15) is 0 Å². The number of aromatic hydroxyl groups is 1. The van der Waals surface area contributed by atoms with Crippen molar-refractivity contribution < 1.29 is 9.84 Å². The van der Waals surface area contributed by atoms with Crippen molar-refractivity contribution in [2.24, 2.45) is 0 Å². The standard InChI is InChI=1S/C19H23NO2/c1-11-6-8-15(21)17-16(11)19-9-10-20(4)13(3)14(19)7-5-12(2)18(19)22-17/h5-8,13,18,21H,9-10H2,1-4H3/t13?,18-,19-/m0/s1. The van der Waals surface area contributed by atoms with E-state index in [1.807, 2.05) is 6.07 Å². The zero-order valence-electron chi connectivity index (χ0n) is 13.7. The van der Waals surface area contributed by atoms with Gasteiger partial charge in [0.25, 0.3) is 0 Å². The zero-order chi connectivity index (χ0) is 15.6. The number of fused-ring (bicyclic) bond motifs is 1. The molecule has 0 radical (unpaired) electrons. The van der Waals surface area contributed by atoms with E-state index in [4.69, 9.17) is 4.74 Å². The van der Waals surface area contributed by atoms with Gasteiger partial charge in [-0.1, -0.05) is 18.2 Å². The van der Waals surface area contributed by atoms with Gasteiger partial charge in [-0.3, -0.25) is 4.90 Å². The fraction of sp³-hybridized carbons (Fsp3) is 0.474. The number of hydrogen-bond acceptors (Lipinski definition) is 3. The Balaban J connectivity index is 2.02. The zero-order valence-corrected chi connectivity index (χ0v) is 13.7. The van der Waals surface area contributed by atoms with Crippen molar-refractivity contribution in [1.29, 1.82) is 0 Å². The summed E-state index contributed by atoms with van der Waals surface area (Å²) in [4.78, 5) is 2.40. The van der Waals surface area contributed by atoms with E-state index in [0.717, 1.165) is 13.0 Å². The minimum Gasteiger partial charge on any atom is -0.504 e. The van der Waals surface area contributed by atoms with Crippen LogP contribution in [0, 0.1) is 6.92 Å². The molecular weight excluding hydrogens is 274 g/mol. The summed E-state index contributed by atoms with van der Waals surface area (Å²) in [5.41, 5.74) is 4.98. The van der Waals surface area contributed by atoms with Crippen molar-refractivity contribution in [1.82, 2.24) is 4.90 Å². The normalized spacial score (nSPS) is 33.3. The van der Waals surface area contributed by atoms with E-state index in [-0.39, 0.29) is 17.3 Å². The second kappa shape index (κ2) is 4.39. The number of benzene rings is 1. The van der Waals surface area contributed by atoms with Crippen LogP contribution in [0.5, 0.6) is 11.5 Å². The van der Waals surface area contributed by atoms with Crippen LogP contribution in [-0.2, 0) is 5.41 Å². The Morgan fingerprint density at radius 2 is 2.05 bits per heavy atom. The molecule has 3 atom stereocenters. The number of nitrogens with zero attached hydrogens (tertiary/aromatic N) is 1. The third kappa shape index (κ3) is 1.50. The van der Waals surface area contributed by atoms with Crippen LogP contribution in [0.3, 0.4) is 0 Å². The van der Waals surface area contributed by atoms with Crippen molar-refractivity contribution in [2.45, 2.75) is 44.8 Å². The number of piperidine rings is 1. The van der Waals surface area contributed by atoms with Crippen LogP contribution in [-0.4, -0.2) is 35.7 Å². The van der Waals surface area contributed by atoms with Crippen LogP contribution in [0.4, 0.5) is 0 Å². The molecule has 1 unspecified atom stereocenters. The Bertz CT molecular complexity index is 718. The molecule has 1 aliphatic carbocycles. The van der Waals surface area contributed by atoms with Crippen LogP contribution in [0.2, 0.25) is 0 Å². The van der Waals surface area contributed by atoms with Gasteiger partial charge in [0.1, 0.15) is 6.10 Å². The largest absolute Gasteiger partial charge is 0.504 e. The van der Waals surface area contributed by atoms with E-state index in [2.05, 4.69) is 44.9 Å². The topological polar surface area (TPSA) is 32.7 Å². The summed E-state index contributed by atoms with van der Waals surface area (Å²) < 4.78 is 6.30. The smallest absolute Gasteiger partial charge is 0.166 e. The summed E-state index contributed by atoms with van der Waals surface area (Å²) >= 11 is 0. The quantitative estimate of drug-likeness (QED) is 0.797. The van der Waals surface area contributed by atoms with E-state index < -0.39 is 0 Å². The molecule has 3 nitrogen and oxygen atoms in total. The summed E-state index contributed by atoms with van der Waals surface area (Å²) in [6, 6.07) is 4.16. The lowest BCUT2D eigenvalue weighted by Gasteiger charge is -2.49. The van der Waals surface area contributed by atoms with Gasteiger partial charge in [-0.15, -0.1) is 0 Å². The highest BCUT2D eigenvalue weighted by Crippen LogP contribution is 2.59. The molecule has 0 saturated carbocycles. The number of likely N-dealkylation sites (tertiary alicyclic amines) is 1. The number of ether oxygens (including phenoxy) is 1. The monoisotopic (exact) mass is 297 g/mol. The first kappa shape index (κ1) is 13.9. The van der Waals surface area contributed by atoms with Gasteiger partial charge in [-0.25, -0.2) is 0 Å². The van der Waals surface area contributed by atoms with Crippen molar-refractivity contribution in [3.05, 3.63) is 46.6 Å². The fourth-order valence-corrected chi connectivity index (χ4v) is 4.62. The minimum absolute atomic E-state index is 0.0191. The average Bonchev–Trinajstić information content (AvgIpc) is 2.85. The van der Waals surface area contributed by atoms with Crippen LogP contribution in [0.25, 0.3) is 0 Å². The van der Waals surface area contributed by atoms with E-state index in [1.165, 1.54) is 22.3 Å². The van der Waals surface area contributed by atoms with Crippen molar-refractivity contribution in [3.63, 3.8) is 0 Å². The summed E-state index contributed by atoms with van der Waals surface area (Å²) in [6.45, 7) is 7.59. The van der Waals surface area contributed by atoms with Gasteiger partial charge in [0.15, 0.2) is 11.5 Å². The summed E-state index contributed by atoms with van der Waals surface area (Å²) in [5.74, 6) is 0.963. The minimum atomic E-state index is -0.108. The fourth-order valence-electron chi connectivity index (χ4n) is 4.62. The van der Waals surface area contributed by atoms with E-state index in [9.17, 15) is 5.11 Å². The molecule has 1 N–H and O–H groups in total. The van der Waals surface area contributed by atoms with Crippen LogP contribution < -0.4 is 4.74 Å². The molecule has 3 aliphatic rings. The highest BCUT2D eigenvalue weighted by atomic mass is 16.5. The molecule has 0 bridgehead atoms. The van der Waals surface area contributed by atoms with Gasteiger partial charge in [-0.05, 0) is 63.6 Å². The third-order valence-corrected chi connectivity index (χ3v) is 5.90.